The van der Waals surface area contributed by atoms with Gasteiger partial charge in [0.2, 0.25) is 0 Å². The lowest BCUT2D eigenvalue weighted by Gasteiger charge is -2.45. The van der Waals surface area contributed by atoms with Crippen molar-refractivity contribution >= 4 is 29.9 Å². The number of guanidine groups is 1. The molecule has 0 radical (unpaired) electrons. The number of hydrogen-bond acceptors (Lipinski definition) is 4. The Balaban J connectivity index is 0.00000320. The average molecular weight is 530 g/mol. The molecule has 2 fully saturated rings. The van der Waals surface area contributed by atoms with Crippen molar-refractivity contribution in [3.63, 3.8) is 0 Å². The lowest BCUT2D eigenvalue weighted by Crippen LogP contribution is -2.59. The maximum atomic E-state index is 5.91. The number of aliphatic imine (C=N–C) groups is 1. The minimum atomic E-state index is 0. The van der Waals surface area contributed by atoms with Crippen LogP contribution in [0.25, 0.3) is 0 Å². The molecule has 3 atom stereocenters. The lowest BCUT2D eigenvalue weighted by molar-refractivity contribution is -0.0947. The van der Waals surface area contributed by atoms with Crippen LogP contribution >= 0.6 is 24.0 Å². The maximum absolute atomic E-state index is 5.91. The molecule has 6 nitrogen and oxygen atoms in total. The number of ether oxygens (including phenoxy) is 2. The van der Waals surface area contributed by atoms with E-state index < -0.39 is 0 Å². The normalized spacial score (nSPS) is 25.7. The fourth-order valence-corrected chi connectivity index (χ4v) is 4.51. The molecular formula is C23H39IN4O2. The maximum Gasteiger partial charge on any atom is 0.193 e. The highest BCUT2D eigenvalue weighted by molar-refractivity contribution is 14.0. The predicted molar refractivity (Wildman–Crippen MR) is 134 cm³/mol. The molecule has 0 aromatic heterocycles. The van der Waals surface area contributed by atoms with Gasteiger partial charge in [-0.05, 0) is 51.8 Å². The Morgan fingerprint density at radius 3 is 2.37 bits per heavy atom. The van der Waals surface area contributed by atoms with Crippen molar-refractivity contribution in [3.8, 4) is 5.75 Å². The molecule has 2 saturated heterocycles. The molecule has 1 aromatic rings. The predicted octanol–water partition coefficient (Wildman–Crippen LogP) is 3.57. The SMILES string of the molecule is CN=C(NCC(C)(C)N1CC(C)OC(C)C1)N1CCC(c2ccc(OC)cc2)C1.I. The van der Waals surface area contributed by atoms with Crippen molar-refractivity contribution in [2.24, 2.45) is 4.99 Å². The summed E-state index contributed by atoms with van der Waals surface area (Å²) in [4.78, 5) is 9.49. The third kappa shape index (κ3) is 6.23. The standard InChI is InChI=1S/C23H38N4O2.HI/c1-17-13-27(14-18(2)29-17)23(3,4)16-25-22(24-5)26-12-11-20(15-26)19-7-9-21(28-6)10-8-19;/h7-10,17-18,20H,11-16H2,1-6H3,(H,24,25);1H. The van der Waals surface area contributed by atoms with Crippen LogP contribution in [0, 0.1) is 0 Å². The van der Waals surface area contributed by atoms with Crippen molar-refractivity contribution in [3.05, 3.63) is 29.8 Å². The Morgan fingerprint density at radius 2 is 1.80 bits per heavy atom. The summed E-state index contributed by atoms with van der Waals surface area (Å²) in [6.45, 7) is 13.8. The zero-order valence-corrected chi connectivity index (χ0v) is 21.7. The summed E-state index contributed by atoms with van der Waals surface area (Å²) in [7, 11) is 3.59. The molecule has 0 amide bonds. The molecule has 3 unspecified atom stereocenters. The van der Waals surface area contributed by atoms with Crippen LogP contribution in [0.2, 0.25) is 0 Å². The Bertz CT molecular complexity index is 685. The van der Waals surface area contributed by atoms with Crippen LogP contribution in [-0.4, -0.2) is 80.4 Å². The summed E-state index contributed by atoms with van der Waals surface area (Å²) in [6.07, 6.45) is 1.71. The number of methoxy groups -OCH3 is 1. The monoisotopic (exact) mass is 530 g/mol. The first-order chi connectivity index (χ1) is 13.8. The number of nitrogens with zero attached hydrogens (tertiary/aromatic N) is 3. The number of benzene rings is 1. The number of nitrogens with one attached hydrogen (secondary N) is 1. The van der Waals surface area contributed by atoms with Crippen molar-refractivity contribution < 1.29 is 9.47 Å². The number of rotatable bonds is 5. The van der Waals surface area contributed by atoms with E-state index in [-0.39, 0.29) is 41.7 Å². The molecule has 2 heterocycles. The largest absolute Gasteiger partial charge is 0.497 e. The summed E-state index contributed by atoms with van der Waals surface area (Å²) in [5.74, 6) is 2.45. The molecular weight excluding hydrogens is 491 g/mol. The van der Waals surface area contributed by atoms with E-state index in [1.54, 1.807) is 7.11 Å². The van der Waals surface area contributed by atoms with Gasteiger partial charge in [0.05, 0.1) is 19.3 Å². The molecule has 2 aliphatic heterocycles. The molecule has 170 valence electrons. The van der Waals surface area contributed by atoms with Crippen LogP contribution in [0.1, 0.15) is 45.6 Å². The first-order valence-electron chi connectivity index (χ1n) is 10.8. The summed E-state index contributed by atoms with van der Waals surface area (Å²) >= 11 is 0. The Labute approximate surface area is 199 Å². The number of likely N-dealkylation sites (tertiary alicyclic amines) is 1. The molecule has 0 aliphatic carbocycles. The highest BCUT2D eigenvalue weighted by Crippen LogP contribution is 2.28. The molecule has 0 bridgehead atoms. The molecule has 30 heavy (non-hydrogen) atoms. The van der Waals surface area contributed by atoms with Gasteiger partial charge < -0.3 is 19.7 Å². The fourth-order valence-electron chi connectivity index (χ4n) is 4.51. The van der Waals surface area contributed by atoms with E-state index in [9.17, 15) is 0 Å². The van der Waals surface area contributed by atoms with E-state index in [1.165, 1.54) is 5.56 Å². The quantitative estimate of drug-likeness (QED) is 0.359. The van der Waals surface area contributed by atoms with Gasteiger partial charge in [-0.25, -0.2) is 0 Å². The average Bonchev–Trinajstić information content (AvgIpc) is 3.18. The third-order valence-electron chi connectivity index (χ3n) is 6.24. The molecule has 2 aliphatic rings. The minimum Gasteiger partial charge on any atom is -0.497 e. The molecule has 0 spiro atoms. The second kappa shape index (κ2) is 11.0. The van der Waals surface area contributed by atoms with E-state index in [1.807, 2.05) is 7.05 Å². The van der Waals surface area contributed by atoms with E-state index in [0.717, 1.165) is 50.9 Å². The molecule has 1 aromatic carbocycles. The Morgan fingerprint density at radius 1 is 1.17 bits per heavy atom. The zero-order valence-electron chi connectivity index (χ0n) is 19.4. The van der Waals surface area contributed by atoms with E-state index in [4.69, 9.17) is 9.47 Å². The van der Waals surface area contributed by atoms with Gasteiger partial charge >= 0.3 is 0 Å². The van der Waals surface area contributed by atoms with Crippen LogP contribution in [0.15, 0.2) is 29.3 Å². The number of morpholine rings is 1. The molecule has 0 saturated carbocycles. The summed E-state index contributed by atoms with van der Waals surface area (Å²) in [6, 6.07) is 8.48. The van der Waals surface area contributed by atoms with Crippen molar-refractivity contribution in [2.45, 2.75) is 57.8 Å². The van der Waals surface area contributed by atoms with Crippen LogP contribution in [0.5, 0.6) is 5.75 Å². The topological polar surface area (TPSA) is 49.3 Å². The van der Waals surface area contributed by atoms with Crippen LogP contribution in [-0.2, 0) is 4.74 Å². The highest BCUT2D eigenvalue weighted by Gasteiger charge is 2.34. The fraction of sp³-hybridized carbons (Fsp3) is 0.696. The minimum absolute atomic E-state index is 0. The second-order valence-electron chi connectivity index (χ2n) is 9.08. The Hall–Kier alpha value is -1.06. The first kappa shape index (κ1) is 25.2. The van der Waals surface area contributed by atoms with Gasteiger partial charge in [-0.15, -0.1) is 24.0 Å². The summed E-state index contributed by atoms with van der Waals surface area (Å²) < 4.78 is 11.2. The molecule has 1 N–H and O–H groups in total. The summed E-state index contributed by atoms with van der Waals surface area (Å²) in [5, 5.41) is 3.64. The zero-order chi connectivity index (χ0) is 21.0. The third-order valence-corrected chi connectivity index (χ3v) is 6.24. The lowest BCUT2D eigenvalue weighted by atomic mass is 9.98. The number of hydrogen-bond donors (Lipinski definition) is 1. The van der Waals surface area contributed by atoms with E-state index in [2.05, 4.69) is 72.1 Å². The first-order valence-corrected chi connectivity index (χ1v) is 10.8. The molecule has 3 rings (SSSR count). The molecule has 7 heteroatoms. The van der Waals surface area contributed by atoms with E-state index in [0.29, 0.717) is 5.92 Å². The van der Waals surface area contributed by atoms with Gasteiger partial charge in [0.25, 0.3) is 0 Å². The Kier molecular flexibility index (Phi) is 9.24. The van der Waals surface area contributed by atoms with Gasteiger partial charge in [-0.2, -0.15) is 0 Å². The van der Waals surface area contributed by atoms with E-state index >= 15 is 0 Å². The summed E-state index contributed by atoms with van der Waals surface area (Å²) in [5.41, 5.74) is 1.41. The van der Waals surface area contributed by atoms with Crippen LogP contribution < -0.4 is 10.1 Å². The van der Waals surface area contributed by atoms with Crippen LogP contribution in [0.3, 0.4) is 0 Å². The van der Waals surface area contributed by atoms with Gasteiger partial charge in [0.15, 0.2) is 5.96 Å². The van der Waals surface area contributed by atoms with Gasteiger partial charge in [0.1, 0.15) is 5.75 Å². The highest BCUT2D eigenvalue weighted by atomic mass is 127. The second-order valence-corrected chi connectivity index (χ2v) is 9.08. The van der Waals surface area contributed by atoms with Crippen molar-refractivity contribution in [1.82, 2.24) is 15.1 Å². The van der Waals surface area contributed by atoms with Gasteiger partial charge in [0, 0.05) is 51.2 Å². The van der Waals surface area contributed by atoms with Gasteiger partial charge in [-0.1, -0.05) is 12.1 Å². The number of halogens is 1. The van der Waals surface area contributed by atoms with Gasteiger partial charge in [-0.3, -0.25) is 9.89 Å². The van der Waals surface area contributed by atoms with Crippen molar-refractivity contribution in [1.29, 1.82) is 0 Å². The van der Waals surface area contributed by atoms with Crippen LogP contribution in [0.4, 0.5) is 0 Å². The van der Waals surface area contributed by atoms with Crippen molar-refractivity contribution in [2.75, 3.05) is 46.9 Å². The smallest absolute Gasteiger partial charge is 0.193 e.